The largest absolute Gasteiger partial charge is 0.462 e. The number of carbonyl (C=O) groups is 2. The fraction of sp³-hybridized carbons (Fsp3) is 0.222. The zero-order chi connectivity index (χ0) is 15.1. The molecular weight excluding hydrogens is 264 g/mol. The highest BCUT2D eigenvalue weighted by molar-refractivity contribution is 6.09. The van der Waals surface area contributed by atoms with Crippen LogP contribution in [0.3, 0.4) is 0 Å². The second kappa shape index (κ2) is 7.39. The van der Waals surface area contributed by atoms with Gasteiger partial charge in [-0.3, -0.25) is 4.79 Å². The van der Waals surface area contributed by atoms with Gasteiger partial charge < -0.3 is 4.74 Å². The van der Waals surface area contributed by atoms with Crippen molar-refractivity contribution in [1.82, 2.24) is 0 Å². The van der Waals surface area contributed by atoms with E-state index >= 15 is 0 Å². The molecule has 2 aromatic rings. The molecule has 0 aliphatic carbocycles. The summed E-state index contributed by atoms with van der Waals surface area (Å²) in [5.41, 5.74) is 1.51. The number of hydrogen-bond acceptors (Lipinski definition) is 3. The van der Waals surface area contributed by atoms with Gasteiger partial charge in [-0.05, 0) is 18.6 Å². The van der Waals surface area contributed by atoms with Crippen LogP contribution in [0.4, 0.5) is 0 Å². The number of hydrogen-bond donors (Lipinski definition) is 0. The number of unbranched alkanes of at least 4 members (excludes halogenated alkanes) is 1. The minimum Gasteiger partial charge on any atom is -0.462 e. The third kappa shape index (κ3) is 4.02. The standard InChI is InChI=1S/C18H18O3/c1-2-3-12-21-18(20)16-11-7-10-15(13-16)17(19)14-8-5-4-6-9-14/h4-11,13H,2-3,12H2,1H3. The van der Waals surface area contributed by atoms with E-state index in [1.165, 1.54) is 0 Å². The van der Waals surface area contributed by atoms with E-state index in [2.05, 4.69) is 0 Å². The van der Waals surface area contributed by atoms with Gasteiger partial charge in [0.1, 0.15) is 0 Å². The molecule has 0 aromatic heterocycles. The lowest BCUT2D eigenvalue weighted by molar-refractivity contribution is 0.0499. The maximum Gasteiger partial charge on any atom is 0.338 e. The lowest BCUT2D eigenvalue weighted by atomic mass is 10.0. The highest BCUT2D eigenvalue weighted by atomic mass is 16.5. The second-order valence-electron chi connectivity index (χ2n) is 4.77. The first-order valence-corrected chi connectivity index (χ1v) is 7.09. The van der Waals surface area contributed by atoms with Crippen LogP contribution >= 0.6 is 0 Å². The van der Waals surface area contributed by atoms with E-state index in [1.807, 2.05) is 25.1 Å². The van der Waals surface area contributed by atoms with Crippen molar-refractivity contribution in [3.63, 3.8) is 0 Å². The van der Waals surface area contributed by atoms with Crippen LogP contribution in [0.25, 0.3) is 0 Å². The first-order chi connectivity index (χ1) is 10.2. The normalized spacial score (nSPS) is 10.1. The molecule has 0 aliphatic rings. The van der Waals surface area contributed by atoms with E-state index in [-0.39, 0.29) is 11.8 Å². The molecule has 0 atom stereocenters. The molecule has 108 valence electrons. The van der Waals surface area contributed by atoms with Crippen LogP contribution in [0.5, 0.6) is 0 Å². The van der Waals surface area contributed by atoms with Crippen LogP contribution < -0.4 is 0 Å². The van der Waals surface area contributed by atoms with Gasteiger partial charge in [-0.25, -0.2) is 4.79 Å². The molecule has 0 amide bonds. The molecule has 0 saturated carbocycles. The van der Waals surface area contributed by atoms with Gasteiger partial charge in [0.05, 0.1) is 12.2 Å². The average molecular weight is 282 g/mol. The third-order valence-corrected chi connectivity index (χ3v) is 3.13. The van der Waals surface area contributed by atoms with Crippen molar-refractivity contribution in [1.29, 1.82) is 0 Å². The quantitative estimate of drug-likeness (QED) is 0.459. The molecule has 0 bridgehead atoms. The highest BCUT2D eigenvalue weighted by Crippen LogP contribution is 2.12. The van der Waals surface area contributed by atoms with E-state index in [1.54, 1.807) is 36.4 Å². The number of ether oxygens (including phenoxy) is 1. The summed E-state index contributed by atoms with van der Waals surface area (Å²) in [7, 11) is 0. The predicted octanol–water partition coefficient (Wildman–Crippen LogP) is 3.87. The second-order valence-corrected chi connectivity index (χ2v) is 4.77. The summed E-state index contributed by atoms with van der Waals surface area (Å²) >= 11 is 0. The van der Waals surface area contributed by atoms with E-state index in [9.17, 15) is 9.59 Å². The van der Waals surface area contributed by atoms with Crippen molar-refractivity contribution in [3.05, 3.63) is 71.3 Å². The minimum absolute atomic E-state index is 0.0983. The molecule has 0 heterocycles. The van der Waals surface area contributed by atoms with E-state index < -0.39 is 0 Å². The third-order valence-electron chi connectivity index (χ3n) is 3.13. The number of esters is 1. The first kappa shape index (κ1) is 15.0. The van der Waals surface area contributed by atoms with Gasteiger partial charge in [0.15, 0.2) is 5.78 Å². The molecule has 2 aromatic carbocycles. The maximum atomic E-state index is 12.3. The topological polar surface area (TPSA) is 43.4 Å². The van der Waals surface area contributed by atoms with Gasteiger partial charge in [0, 0.05) is 11.1 Å². The molecule has 0 aliphatic heterocycles. The van der Waals surface area contributed by atoms with Crippen LogP contribution in [0, 0.1) is 0 Å². The lowest BCUT2D eigenvalue weighted by Gasteiger charge is -2.06. The van der Waals surface area contributed by atoms with Crippen LogP contribution in [0.15, 0.2) is 54.6 Å². The fourth-order valence-corrected chi connectivity index (χ4v) is 1.94. The Morgan fingerprint density at radius 1 is 0.905 bits per heavy atom. The van der Waals surface area contributed by atoms with Gasteiger partial charge >= 0.3 is 5.97 Å². The molecule has 3 nitrogen and oxygen atoms in total. The molecule has 2 rings (SSSR count). The van der Waals surface area contributed by atoms with Crippen molar-refractivity contribution in [2.45, 2.75) is 19.8 Å². The summed E-state index contributed by atoms with van der Waals surface area (Å²) in [6.45, 7) is 2.44. The zero-order valence-corrected chi connectivity index (χ0v) is 12.0. The molecular formula is C18H18O3. The maximum absolute atomic E-state index is 12.3. The number of ketones is 1. The summed E-state index contributed by atoms with van der Waals surface area (Å²) in [5.74, 6) is -0.482. The van der Waals surface area contributed by atoms with Crippen molar-refractivity contribution >= 4 is 11.8 Å². The van der Waals surface area contributed by atoms with Crippen molar-refractivity contribution in [3.8, 4) is 0 Å². The molecule has 3 heteroatoms. The van der Waals surface area contributed by atoms with E-state index in [0.29, 0.717) is 23.3 Å². The summed E-state index contributed by atoms with van der Waals surface area (Å²) in [5, 5.41) is 0. The van der Waals surface area contributed by atoms with Crippen LogP contribution in [-0.2, 0) is 4.74 Å². The van der Waals surface area contributed by atoms with Crippen molar-refractivity contribution in [2.24, 2.45) is 0 Å². The summed E-state index contributed by atoms with van der Waals surface area (Å²) < 4.78 is 5.16. The zero-order valence-electron chi connectivity index (χ0n) is 12.0. The Labute approximate surface area is 124 Å². The van der Waals surface area contributed by atoms with Crippen LogP contribution in [0.1, 0.15) is 46.0 Å². The monoisotopic (exact) mass is 282 g/mol. The Kier molecular flexibility index (Phi) is 5.27. The highest BCUT2D eigenvalue weighted by Gasteiger charge is 2.12. The minimum atomic E-state index is -0.383. The average Bonchev–Trinajstić information content (AvgIpc) is 2.55. The summed E-state index contributed by atoms with van der Waals surface area (Å²) in [4.78, 5) is 24.2. The molecule has 0 fully saturated rings. The van der Waals surface area contributed by atoms with Crippen LogP contribution in [0.2, 0.25) is 0 Å². The summed E-state index contributed by atoms with van der Waals surface area (Å²) in [6, 6.07) is 15.7. The Morgan fingerprint density at radius 2 is 1.57 bits per heavy atom. The first-order valence-electron chi connectivity index (χ1n) is 7.09. The van der Waals surface area contributed by atoms with E-state index in [4.69, 9.17) is 4.74 Å². The molecule has 0 radical (unpaired) electrons. The molecule has 21 heavy (non-hydrogen) atoms. The smallest absolute Gasteiger partial charge is 0.338 e. The Bertz CT molecular complexity index is 617. The predicted molar refractivity (Wildman–Crippen MR) is 81.5 cm³/mol. The fourth-order valence-electron chi connectivity index (χ4n) is 1.94. The van der Waals surface area contributed by atoms with Gasteiger partial charge in [-0.2, -0.15) is 0 Å². The van der Waals surface area contributed by atoms with Crippen molar-refractivity contribution in [2.75, 3.05) is 6.61 Å². The Balaban J connectivity index is 2.14. The molecule has 0 saturated heterocycles. The number of carbonyl (C=O) groups excluding carboxylic acids is 2. The van der Waals surface area contributed by atoms with Gasteiger partial charge in [0.25, 0.3) is 0 Å². The summed E-state index contributed by atoms with van der Waals surface area (Å²) in [6.07, 6.45) is 1.81. The van der Waals surface area contributed by atoms with E-state index in [0.717, 1.165) is 12.8 Å². The SMILES string of the molecule is CCCCOC(=O)c1cccc(C(=O)c2ccccc2)c1. The molecule has 0 N–H and O–H groups in total. The molecule has 0 spiro atoms. The molecule has 0 unspecified atom stereocenters. The number of benzene rings is 2. The van der Waals surface area contributed by atoms with Crippen molar-refractivity contribution < 1.29 is 14.3 Å². The van der Waals surface area contributed by atoms with Gasteiger partial charge in [0.2, 0.25) is 0 Å². The van der Waals surface area contributed by atoms with Gasteiger partial charge in [-0.15, -0.1) is 0 Å². The Morgan fingerprint density at radius 3 is 2.29 bits per heavy atom. The van der Waals surface area contributed by atoms with Crippen LogP contribution in [-0.4, -0.2) is 18.4 Å². The Hall–Kier alpha value is -2.42. The number of rotatable bonds is 6. The van der Waals surface area contributed by atoms with Gasteiger partial charge in [-0.1, -0.05) is 55.8 Å². The lowest BCUT2D eigenvalue weighted by Crippen LogP contribution is -2.08.